The number of ether oxygens (including phenoxy) is 2. The summed E-state index contributed by atoms with van der Waals surface area (Å²) in [6.45, 7) is 0.666. The molecule has 4 rings (SSSR count). The van der Waals surface area contributed by atoms with E-state index in [-0.39, 0.29) is 42.7 Å². The number of benzene rings is 2. The lowest BCUT2D eigenvalue weighted by Crippen LogP contribution is -2.53. The first-order valence-electron chi connectivity index (χ1n) is 11.8. The summed E-state index contributed by atoms with van der Waals surface area (Å²) in [6, 6.07) is 14.1. The van der Waals surface area contributed by atoms with Crippen molar-refractivity contribution < 1.29 is 23.9 Å². The second kappa shape index (κ2) is 10.8. The molecule has 2 aromatic carbocycles. The molecule has 0 aliphatic carbocycles. The van der Waals surface area contributed by atoms with Gasteiger partial charge in [-0.15, -0.1) is 0 Å². The Morgan fingerprint density at radius 1 is 1.11 bits per heavy atom. The summed E-state index contributed by atoms with van der Waals surface area (Å²) in [5, 5.41) is 5.60. The summed E-state index contributed by atoms with van der Waals surface area (Å²) < 4.78 is 12.2. The van der Waals surface area contributed by atoms with Gasteiger partial charge < -0.3 is 29.9 Å². The number of urea groups is 1. The summed E-state index contributed by atoms with van der Waals surface area (Å²) in [7, 11) is 5.22. The number of hydrogen-bond donors (Lipinski definition) is 2. The molecule has 2 aliphatic rings. The van der Waals surface area contributed by atoms with E-state index in [2.05, 4.69) is 10.6 Å². The highest BCUT2D eigenvalue weighted by Crippen LogP contribution is 2.32. The van der Waals surface area contributed by atoms with Crippen molar-refractivity contribution >= 4 is 23.5 Å². The van der Waals surface area contributed by atoms with Gasteiger partial charge in [0.1, 0.15) is 18.5 Å². The fourth-order valence-corrected chi connectivity index (χ4v) is 4.44. The van der Waals surface area contributed by atoms with E-state index in [0.717, 1.165) is 12.0 Å². The molecule has 0 unspecified atom stereocenters. The number of amides is 4. The van der Waals surface area contributed by atoms with Crippen molar-refractivity contribution in [2.75, 3.05) is 33.1 Å². The number of nitrogens with one attached hydrogen (secondary N) is 2. The van der Waals surface area contributed by atoms with Crippen LogP contribution < -0.4 is 15.4 Å². The highest BCUT2D eigenvalue weighted by molar-refractivity contribution is 5.99. The molecule has 2 N–H and O–H groups in total. The first-order chi connectivity index (χ1) is 16.8. The summed E-state index contributed by atoms with van der Waals surface area (Å²) >= 11 is 0. The Morgan fingerprint density at radius 2 is 1.89 bits per heavy atom. The molecule has 0 spiro atoms. The second-order valence-electron chi connectivity index (χ2n) is 9.16. The van der Waals surface area contributed by atoms with Crippen LogP contribution in [0.1, 0.15) is 35.2 Å². The zero-order valence-corrected chi connectivity index (χ0v) is 20.3. The van der Waals surface area contributed by atoms with Crippen LogP contribution >= 0.6 is 0 Å². The van der Waals surface area contributed by atoms with Crippen LogP contribution in [0.2, 0.25) is 0 Å². The maximum Gasteiger partial charge on any atom is 0.319 e. The van der Waals surface area contributed by atoms with Crippen LogP contribution in [0, 0.1) is 0 Å². The van der Waals surface area contributed by atoms with Gasteiger partial charge in [0.2, 0.25) is 5.91 Å². The minimum Gasteiger partial charge on any atom is -0.490 e. The van der Waals surface area contributed by atoms with Crippen molar-refractivity contribution in [3.63, 3.8) is 0 Å². The highest BCUT2D eigenvalue weighted by atomic mass is 16.5. The van der Waals surface area contributed by atoms with E-state index in [4.69, 9.17) is 9.47 Å². The second-order valence-corrected chi connectivity index (χ2v) is 9.16. The lowest BCUT2D eigenvalue weighted by molar-refractivity contribution is -0.140. The van der Waals surface area contributed by atoms with Crippen molar-refractivity contribution in [3.05, 3.63) is 59.7 Å². The standard InChI is InChI=1S/C26H32N4O5/c1-29(2)24(31)14-19-10-11-21-23(35-19)16-34-22-12-9-18(13-20(22)25(32)30(21)3)28-26(33)27-15-17-7-5-4-6-8-17/h4-9,12-13,19,21,23H,10-11,14-16H2,1-3H3,(H2,27,28,33)/t19-,21+,23-/m0/s1. The van der Waals surface area contributed by atoms with E-state index < -0.39 is 0 Å². The van der Waals surface area contributed by atoms with Gasteiger partial charge >= 0.3 is 6.03 Å². The highest BCUT2D eigenvalue weighted by Gasteiger charge is 2.39. The first kappa shape index (κ1) is 24.5. The molecule has 2 aromatic rings. The Morgan fingerprint density at radius 3 is 2.63 bits per heavy atom. The average molecular weight is 481 g/mol. The number of hydrogen-bond acceptors (Lipinski definition) is 5. The SMILES string of the molecule is CN(C)C(=O)C[C@@H]1CC[C@@H]2[C@H](COc3ccc(NC(=O)NCc4ccccc4)cc3C(=O)N2C)O1. The molecule has 0 bridgehead atoms. The summed E-state index contributed by atoms with van der Waals surface area (Å²) in [6.07, 6.45) is 1.20. The van der Waals surface area contributed by atoms with Crippen molar-refractivity contribution in [2.24, 2.45) is 0 Å². The monoisotopic (exact) mass is 480 g/mol. The smallest absolute Gasteiger partial charge is 0.319 e. The number of carbonyl (C=O) groups excluding carboxylic acids is 3. The fraction of sp³-hybridized carbons (Fsp3) is 0.423. The zero-order chi connectivity index (χ0) is 24.9. The minimum absolute atomic E-state index is 0.0165. The quantitative estimate of drug-likeness (QED) is 0.686. The van der Waals surface area contributed by atoms with Gasteiger partial charge in [-0.3, -0.25) is 9.59 Å². The molecule has 9 nitrogen and oxygen atoms in total. The van der Waals surface area contributed by atoms with Crippen LogP contribution in [0.5, 0.6) is 5.75 Å². The number of rotatable bonds is 5. The Hall–Kier alpha value is -3.59. The van der Waals surface area contributed by atoms with Crippen molar-refractivity contribution in [3.8, 4) is 5.75 Å². The minimum atomic E-state index is -0.361. The molecule has 2 heterocycles. The number of anilines is 1. The molecule has 4 amide bonds. The van der Waals surface area contributed by atoms with Gasteiger partial charge in [0.05, 0.1) is 24.1 Å². The predicted octanol–water partition coefficient (Wildman–Crippen LogP) is 2.87. The van der Waals surface area contributed by atoms with Gasteiger partial charge in [-0.1, -0.05) is 30.3 Å². The molecule has 1 fully saturated rings. The summed E-state index contributed by atoms with van der Waals surface area (Å²) in [4.78, 5) is 41.1. The molecule has 1 saturated heterocycles. The lowest BCUT2D eigenvalue weighted by atomic mass is 9.94. The van der Waals surface area contributed by atoms with Crippen molar-refractivity contribution in [1.29, 1.82) is 0 Å². The largest absolute Gasteiger partial charge is 0.490 e. The number of carbonyl (C=O) groups is 3. The van der Waals surface area contributed by atoms with Crippen LogP contribution in [-0.2, 0) is 16.1 Å². The molecule has 35 heavy (non-hydrogen) atoms. The lowest BCUT2D eigenvalue weighted by Gasteiger charge is -2.42. The molecular formula is C26H32N4O5. The molecule has 0 saturated carbocycles. The third-order valence-electron chi connectivity index (χ3n) is 6.47. The normalized spacial score (nSPS) is 21.5. The maximum atomic E-state index is 13.3. The zero-order valence-electron chi connectivity index (χ0n) is 20.3. The first-order valence-corrected chi connectivity index (χ1v) is 11.8. The van der Waals surface area contributed by atoms with Crippen LogP contribution in [0.3, 0.4) is 0 Å². The van der Waals surface area contributed by atoms with Crippen LogP contribution in [0.15, 0.2) is 48.5 Å². The Kier molecular flexibility index (Phi) is 7.55. The number of fused-ring (bicyclic) bond motifs is 2. The fourth-order valence-electron chi connectivity index (χ4n) is 4.44. The summed E-state index contributed by atoms with van der Waals surface area (Å²) in [5.74, 6) is 0.253. The third-order valence-corrected chi connectivity index (χ3v) is 6.47. The molecule has 0 aromatic heterocycles. The average Bonchev–Trinajstić information content (AvgIpc) is 2.86. The molecule has 2 aliphatic heterocycles. The van der Waals surface area contributed by atoms with Gasteiger partial charge in [-0.05, 0) is 36.6 Å². The van der Waals surface area contributed by atoms with Gasteiger partial charge in [0.15, 0.2) is 0 Å². The van der Waals surface area contributed by atoms with Crippen molar-refractivity contribution in [2.45, 2.75) is 44.1 Å². The van der Waals surface area contributed by atoms with E-state index in [9.17, 15) is 14.4 Å². The predicted molar refractivity (Wildman–Crippen MR) is 131 cm³/mol. The Balaban J connectivity index is 1.42. The van der Waals surface area contributed by atoms with E-state index in [1.54, 1.807) is 49.1 Å². The topological polar surface area (TPSA) is 100 Å². The van der Waals surface area contributed by atoms with E-state index >= 15 is 0 Å². The maximum absolute atomic E-state index is 13.3. The Labute approximate surface area is 205 Å². The van der Waals surface area contributed by atoms with Crippen LogP contribution in [0.4, 0.5) is 10.5 Å². The molecule has 3 atom stereocenters. The molecule has 9 heteroatoms. The van der Waals surface area contributed by atoms with Crippen molar-refractivity contribution in [1.82, 2.24) is 15.1 Å². The van der Waals surface area contributed by atoms with Gasteiger partial charge in [0, 0.05) is 33.4 Å². The third kappa shape index (κ3) is 5.92. The number of nitrogens with zero attached hydrogens (tertiary/aromatic N) is 2. The summed E-state index contributed by atoms with van der Waals surface area (Å²) in [5.41, 5.74) is 1.87. The van der Waals surface area contributed by atoms with E-state index in [1.807, 2.05) is 30.3 Å². The van der Waals surface area contributed by atoms with Gasteiger partial charge in [-0.25, -0.2) is 4.79 Å². The van der Waals surface area contributed by atoms with E-state index in [0.29, 0.717) is 36.4 Å². The van der Waals surface area contributed by atoms with Crippen LogP contribution in [0.25, 0.3) is 0 Å². The van der Waals surface area contributed by atoms with Gasteiger partial charge in [0.25, 0.3) is 5.91 Å². The number of likely N-dealkylation sites (N-methyl/N-ethyl adjacent to an activating group) is 1. The molecule has 0 radical (unpaired) electrons. The molecular weight excluding hydrogens is 448 g/mol. The molecule has 186 valence electrons. The van der Waals surface area contributed by atoms with Crippen LogP contribution in [-0.4, -0.2) is 73.6 Å². The van der Waals surface area contributed by atoms with E-state index in [1.165, 1.54) is 0 Å². The van der Waals surface area contributed by atoms with Gasteiger partial charge in [-0.2, -0.15) is 0 Å². The Bertz CT molecular complexity index is 1070.